The Bertz CT molecular complexity index is 599. The van der Waals surface area contributed by atoms with Crippen molar-refractivity contribution in [2.75, 3.05) is 50.7 Å². The third kappa shape index (κ3) is 6.09. The standard InChI is InChI=1S/C21H33FN4O/c1-16-11-17(2)14-25(13-16)10-8-23-21(27)24-12-18-7-9-26(15-18)20-5-3-19(22)4-6-20/h3-6,16-18H,7-15H2,1-2H3,(H2,23,24,27). The maximum absolute atomic E-state index is 13.0. The largest absolute Gasteiger partial charge is 0.371 e. The molecule has 1 aromatic carbocycles. The first-order valence-corrected chi connectivity index (χ1v) is 10.2. The Morgan fingerprint density at radius 3 is 2.52 bits per heavy atom. The quantitative estimate of drug-likeness (QED) is 0.803. The van der Waals surface area contributed by atoms with Crippen LogP contribution in [0.25, 0.3) is 0 Å². The van der Waals surface area contributed by atoms with Crippen molar-refractivity contribution < 1.29 is 9.18 Å². The van der Waals surface area contributed by atoms with Gasteiger partial charge in [-0.25, -0.2) is 9.18 Å². The predicted molar refractivity (Wildman–Crippen MR) is 108 cm³/mol. The number of anilines is 1. The Balaban J connectivity index is 1.31. The van der Waals surface area contributed by atoms with Gasteiger partial charge >= 0.3 is 6.03 Å². The minimum atomic E-state index is -0.207. The Morgan fingerprint density at radius 1 is 1.11 bits per heavy atom. The van der Waals surface area contributed by atoms with E-state index in [1.54, 1.807) is 0 Å². The molecule has 2 fully saturated rings. The fourth-order valence-electron chi connectivity index (χ4n) is 4.49. The van der Waals surface area contributed by atoms with Crippen molar-refractivity contribution in [2.24, 2.45) is 17.8 Å². The number of rotatable bonds is 6. The fourth-order valence-corrected chi connectivity index (χ4v) is 4.49. The van der Waals surface area contributed by atoms with Crippen molar-refractivity contribution in [2.45, 2.75) is 26.7 Å². The van der Waals surface area contributed by atoms with E-state index in [1.165, 1.54) is 18.6 Å². The maximum atomic E-state index is 13.0. The summed E-state index contributed by atoms with van der Waals surface area (Å²) < 4.78 is 13.0. The number of nitrogens with one attached hydrogen (secondary N) is 2. The average molecular weight is 377 g/mol. The van der Waals surface area contributed by atoms with E-state index in [1.807, 2.05) is 12.1 Å². The smallest absolute Gasteiger partial charge is 0.314 e. The van der Waals surface area contributed by atoms with Crippen LogP contribution in [0.5, 0.6) is 0 Å². The molecule has 3 rings (SSSR count). The van der Waals surface area contributed by atoms with Gasteiger partial charge in [-0.1, -0.05) is 13.8 Å². The van der Waals surface area contributed by atoms with Gasteiger partial charge in [0.2, 0.25) is 0 Å². The molecule has 0 radical (unpaired) electrons. The molecule has 2 N–H and O–H groups in total. The van der Waals surface area contributed by atoms with E-state index >= 15 is 0 Å². The van der Waals surface area contributed by atoms with Crippen LogP contribution in [0, 0.1) is 23.6 Å². The third-order valence-corrected chi connectivity index (χ3v) is 5.69. The lowest BCUT2D eigenvalue weighted by Gasteiger charge is -2.34. The molecule has 2 heterocycles. The molecule has 3 atom stereocenters. The van der Waals surface area contributed by atoms with Crippen LogP contribution >= 0.6 is 0 Å². The first-order valence-electron chi connectivity index (χ1n) is 10.2. The summed E-state index contributed by atoms with van der Waals surface area (Å²) in [7, 11) is 0. The number of nitrogens with zero attached hydrogens (tertiary/aromatic N) is 2. The van der Waals surface area contributed by atoms with E-state index < -0.39 is 0 Å². The lowest BCUT2D eigenvalue weighted by Crippen LogP contribution is -2.45. The Kier molecular flexibility index (Phi) is 6.94. The van der Waals surface area contributed by atoms with Gasteiger partial charge in [0.15, 0.2) is 0 Å². The average Bonchev–Trinajstić information content (AvgIpc) is 3.09. The van der Waals surface area contributed by atoms with Gasteiger partial charge in [-0.15, -0.1) is 0 Å². The second-order valence-electron chi connectivity index (χ2n) is 8.42. The number of carbonyl (C=O) groups is 1. The number of carbonyl (C=O) groups excluding carboxylic acids is 1. The van der Waals surface area contributed by atoms with Crippen molar-refractivity contribution in [1.82, 2.24) is 15.5 Å². The minimum Gasteiger partial charge on any atom is -0.371 e. The molecule has 2 aliphatic heterocycles. The highest BCUT2D eigenvalue weighted by Gasteiger charge is 2.23. The molecular formula is C21H33FN4O. The summed E-state index contributed by atoms with van der Waals surface area (Å²) in [6, 6.07) is 6.56. The molecule has 0 bridgehead atoms. The Labute approximate surface area is 162 Å². The zero-order valence-corrected chi connectivity index (χ0v) is 16.6. The first kappa shape index (κ1) is 19.9. The zero-order valence-electron chi connectivity index (χ0n) is 16.6. The number of benzene rings is 1. The van der Waals surface area contributed by atoms with E-state index in [0.29, 0.717) is 19.0 Å². The van der Waals surface area contributed by atoms with E-state index in [0.717, 1.165) is 56.7 Å². The van der Waals surface area contributed by atoms with Gasteiger partial charge in [0.25, 0.3) is 0 Å². The van der Waals surface area contributed by atoms with E-state index in [-0.39, 0.29) is 11.8 Å². The molecule has 6 heteroatoms. The van der Waals surface area contributed by atoms with Crippen LogP contribution in [0.4, 0.5) is 14.9 Å². The number of urea groups is 1. The highest BCUT2D eigenvalue weighted by molar-refractivity contribution is 5.73. The molecule has 0 spiro atoms. The Morgan fingerprint density at radius 2 is 1.81 bits per heavy atom. The molecular weight excluding hydrogens is 343 g/mol. The SMILES string of the molecule is CC1CC(C)CN(CCNC(=O)NCC2CCN(c3ccc(F)cc3)C2)C1. The fraction of sp³-hybridized carbons (Fsp3) is 0.667. The normalized spacial score (nSPS) is 26.2. The Hall–Kier alpha value is -1.82. The van der Waals surface area contributed by atoms with Gasteiger partial charge in [-0.3, -0.25) is 0 Å². The predicted octanol–water partition coefficient (Wildman–Crippen LogP) is 2.93. The summed E-state index contributed by atoms with van der Waals surface area (Å²) >= 11 is 0. The number of likely N-dealkylation sites (tertiary alicyclic amines) is 1. The number of hydrogen-bond acceptors (Lipinski definition) is 3. The second kappa shape index (κ2) is 9.40. The van der Waals surface area contributed by atoms with Gasteiger partial charge in [0.1, 0.15) is 5.82 Å². The summed E-state index contributed by atoms with van der Waals surface area (Å²) in [5, 5.41) is 5.99. The molecule has 27 heavy (non-hydrogen) atoms. The molecule has 2 aliphatic rings. The summed E-state index contributed by atoms with van der Waals surface area (Å²) in [6.45, 7) is 11.0. The molecule has 1 aromatic rings. The molecule has 3 unspecified atom stereocenters. The number of hydrogen-bond donors (Lipinski definition) is 2. The molecule has 0 aliphatic carbocycles. The second-order valence-corrected chi connectivity index (χ2v) is 8.42. The van der Waals surface area contributed by atoms with Crippen molar-refractivity contribution in [3.63, 3.8) is 0 Å². The number of piperidine rings is 1. The lowest BCUT2D eigenvalue weighted by atomic mass is 9.92. The van der Waals surface area contributed by atoms with Crippen molar-refractivity contribution >= 4 is 11.7 Å². The van der Waals surface area contributed by atoms with Gasteiger partial charge in [-0.05, 0) is 54.9 Å². The van der Waals surface area contributed by atoms with Crippen LogP contribution in [-0.4, -0.2) is 56.7 Å². The van der Waals surface area contributed by atoms with E-state index in [4.69, 9.17) is 0 Å². The maximum Gasteiger partial charge on any atom is 0.314 e. The van der Waals surface area contributed by atoms with Gasteiger partial charge in [-0.2, -0.15) is 0 Å². The molecule has 2 amide bonds. The third-order valence-electron chi connectivity index (χ3n) is 5.69. The van der Waals surface area contributed by atoms with E-state index in [2.05, 4.69) is 34.3 Å². The molecule has 0 aromatic heterocycles. The summed E-state index contributed by atoms with van der Waals surface area (Å²) in [6.07, 6.45) is 2.35. The van der Waals surface area contributed by atoms with Crippen LogP contribution < -0.4 is 15.5 Å². The molecule has 5 nitrogen and oxygen atoms in total. The van der Waals surface area contributed by atoms with Crippen LogP contribution in [0.1, 0.15) is 26.7 Å². The van der Waals surface area contributed by atoms with Gasteiger partial charge in [0.05, 0.1) is 0 Å². The number of halogens is 1. The van der Waals surface area contributed by atoms with Crippen molar-refractivity contribution in [3.8, 4) is 0 Å². The first-order chi connectivity index (χ1) is 13.0. The minimum absolute atomic E-state index is 0.0756. The zero-order chi connectivity index (χ0) is 19.2. The van der Waals surface area contributed by atoms with Crippen LogP contribution in [0.15, 0.2) is 24.3 Å². The highest BCUT2D eigenvalue weighted by atomic mass is 19.1. The lowest BCUT2D eigenvalue weighted by molar-refractivity contribution is 0.142. The molecule has 150 valence electrons. The van der Waals surface area contributed by atoms with Crippen LogP contribution in [-0.2, 0) is 0 Å². The summed E-state index contributed by atoms with van der Waals surface area (Å²) in [4.78, 5) is 16.8. The molecule has 2 saturated heterocycles. The number of amides is 2. The molecule has 0 saturated carbocycles. The van der Waals surface area contributed by atoms with Crippen molar-refractivity contribution in [3.05, 3.63) is 30.1 Å². The topological polar surface area (TPSA) is 47.6 Å². The van der Waals surface area contributed by atoms with Gasteiger partial charge in [0, 0.05) is 51.5 Å². The van der Waals surface area contributed by atoms with Crippen molar-refractivity contribution in [1.29, 1.82) is 0 Å². The van der Waals surface area contributed by atoms with Crippen LogP contribution in [0.2, 0.25) is 0 Å². The summed E-state index contributed by atoms with van der Waals surface area (Å²) in [5.74, 6) is 1.72. The monoisotopic (exact) mass is 376 g/mol. The van der Waals surface area contributed by atoms with Gasteiger partial charge < -0.3 is 20.4 Å². The van der Waals surface area contributed by atoms with E-state index in [9.17, 15) is 9.18 Å². The summed E-state index contributed by atoms with van der Waals surface area (Å²) in [5.41, 5.74) is 1.05. The van der Waals surface area contributed by atoms with Crippen LogP contribution in [0.3, 0.4) is 0 Å². The highest BCUT2D eigenvalue weighted by Crippen LogP contribution is 2.23.